The van der Waals surface area contributed by atoms with Gasteiger partial charge in [-0.3, -0.25) is 9.59 Å². The van der Waals surface area contributed by atoms with Gasteiger partial charge in [0.05, 0.1) is 0 Å². The molecule has 0 aliphatic rings. The van der Waals surface area contributed by atoms with Gasteiger partial charge in [-0.2, -0.15) is 0 Å². The van der Waals surface area contributed by atoms with Crippen molar-refractivity contribution in [3.63, 3.8) is 0 Å². The molecule has 0 bridgehead atoms. The van der Waals surface area contributed by atoms with E-state index in [-0.39, 0.29) is 23.1 Å². The average molecular weight is 390 g/mol. The van der Waals surface area contributed by atoms with Crippen LogP contribution in [0.2, 0.25) is 0 Å². The number of pyridine rings is 1. The van der Waals surface area contributed by atoms with E-state index in [2.05, 4.69) is 10.3 Å². The number of hydrogen-bond acceptors (Lipinski definition) is 6. The van der Waals surface area contributed by atoms with Crippen LogP contribution in [-0.2, 0) is 9.53 Å². The second kappa shape index (κ2) is 9.27. The third-order valence-electron chi connectivity index (χ3n) is 3.81. The van der Waals surface area contributed by atoms with E-state index in [0.29, 0.717) is 17.0 Å². The van der Waals surface area contributed by atoms with Gasteiger partial charge in [0, 0.05) is 24.4 Å². The number of ketones is 1. The fourth-order valence-corrected chi connectivity index (χ4v) is 2.46. The van der Waals surface area contributed by atoms with Crippen molar-refractivity contribution in [2.75, 3.05) is 11.9 Å². The van der Waals surface area contributed by atoms with Gasteiger partial charge in [-0.15, -0.1) is 0 Å². The molecular formula is C22H18N2O5. The number of ether oxygens (including phenoxy) is 2. The lowest BCUT2D eigenvalue weighted by Gasteiger charge is -2.10. The Morgan fingerprint density at radius 1 is 0.931 bits per heavy atom. The average Bonchev–Trinajstić information content (AvgIpc) is 2.73. The Morgan fingerprint density at radius 2 is 1.66 bits per heavy atom. The molecule has 7 nitrogen and oxygen atoms in total. The normalized spacial score (nSPS) is 10.1. The minimum Gasteiger partial charge on any atom is -0.454 e. The highest BCUT2D eigenvalue weighted by molar-refractivity contribution is 6.00. The quantitative estimate of drug-likeness (QED) is 0.486. The van der Waals surface area contributed by atoms with Gasteiger partial charge in [0.1, 0.15) is 11.3 Å². The molecule has 3 rings (SSSR count). The lowest BCUT2D eigenvalue weighted by atomic mass is 10.1. The van der Waals surface area contributed by atoms with Gasteiger partial charge < -0.3 is 14.8 Å². The van der Waals surface area contributed by atoms with Crippen molar-refractivity contribution in [3.8, 4) is 11.6 Å². The number of carbonyl (C=O) groups is 3. The first-order valence-corrected chi connectivity index (χ1v) is 8.79. The fourth-order valence-electron chi connectivity index (χ4n) is 2.46. The summed E-state index contributed by atoms with van der Waals surface area (Å²) in [6.07, 6.45) is 1.50. The van der Waals surface area contributed by atoms with Crippen LogP contribution < -0.4 is 10.1 Å². The number of nitrogens with one attached hydrogen (secondary N) is 1. The zero-order valence-electron chi connectivity index (χ0n) is 15.6. The molecule has 29 heavy (non-hydrogen) atoms. The molecule has 0 aliphatic carbocycles. The van der Waals surface area contributed by atoms with E-state index in [4.69, 9.17) is 9.47 Å². The van der Waals surface area contributed by atoms with Crippen LogP contribution in [0, 0.1) is 0 Å². The van der Waals surface area contributed by atoms with Crippen molar-refractivity contribution in [3.05, 3.63) is 84.1 Å². The molecule has 0 saturated heterocycles. The first-order chi connectivity index (χ1) is 14.0. The molecule has 0 radical (unpaired) electrons. The van der Waals surface area contributed by atoms with Gasteiger partial charge in [-0.1, -0.05) is 18.2 Å². The predicted octanol–water partition coefficient (Wildman–Crippen LogP) is 3.87. The van der Waals surface area contributed by atoms with Crippen LogP contribution >= 0.6 is 0 Å². The monoisotopic (exact) mass is 390 g/mol. The molecule has 1 aromatic heterocycles. The number of anilines is 1. The summed E-state index contributed by atoms with van der Waals surface area (Å²) >= 11 is 0. The third kappa shape index (κ3) is 5.49. The van der Waals surface area contributed by atoms with Gasteiger partial charge in [0.15, 0.2) is 12.4 Å². The van der Waals surface area contributed by atoms with Crippen LogP contribution in [0.1, 0.15) is 27.6 Å². The number of Topliss-reactive ketones (excluding diaryl/α,β-unsaturated/α-hetero) is 1. The van der Waals surface area contributed by atoms with Crippen LogP contribution in [0.5, 0.6) is 11.6 Å². The Labute approximate surface area is 167 Å². The minimum atomic E-state index is -0.716. The first kappa shape index (κ1) is 19.8. The molecule has 0 atom stereocenters. The van der Waals surface area contributed by atoms with Crippen molar-refractivity contribution >= 4 is 23.3 Å². The van der Waals surface area contributed by atoms with Gasteiger partial charge in [0.2, 0.25) is 11.8 Å². The maximum atomic E-state index is 12.4. The highest BCUT2D eigenvalue weighted by Gasteiger charge is 2.17. The van der Waals surface area contributed by atoms with Gasteiger partial charge >= 0.3 is 5.97 Å². The van der Waals surface area contributed by atoms with E-state index >= 15 is 0 Å². The summed E-state index contributed by atoms with van der Waals surface area (Å²) in [6, 6.07) is 18.3. The van der Waals surface area contributed by atoms with Gasteiger partial charge in [0.25, 0.3) is 0 Å². The third-order valence-corrected chi connectivity index (χ3v) is 3.81. The fraction of sp³-hybridized carbons (Fsp3) is 0.0909. The van der Waals surface area contributed by atoms with Crippen LogP contribution in [-0.4, -0.2) is 29.3 Å². The molecule has 0 aliphatic heterocycles. The van der Waals surface area contributed by atoms with Crippen LogP contribution in [0.4, 0.5) is 5.69 Å². The molecule has 2 aromatic carbocycles. The Hall–Kier alpha value is -4.00. The van der Waals surface area contributed by atoms with E-state index in [1.54, 1.807) is 54.6 Å². The molecule has 1 N–H and O–H groups in total. The molecular weight excluding hydrogens is 372 g/mol. The van der Waals surface area contributed by atoms with E-state index in [9.17, 15) is 14.4 Å². The van der Waals surface area contributed by atoms with Crippen LogP contribution in [0.25, 0.3) is 0 Å². The summed E-state index contributed by atoms with van der Waals surface area (Å²) in [6.45, 7) is 0.963. The lowest BCUT2D eigenvalue weighted by Crippen LogP contribution is -2.15. The van der Waals surface area contributed by atoms with E-state index in [0.717, 1.165) is 0 Å². The standard InChI is InChI=1S/C22H18N2O5/c1-15(25)24-17-11-9-16(10-12-17)20(26)14-28-22(27)19-8-5-13-23-21(19)29-18-6-3-2-4-7-18/h2-13H,14H2,1H3,(H,24,25). The summed E-state index contributed by atoms with van der Waals surface area (Å²) in [7, 11) is 0. The second-order valence-electron chi connectivity index (χ2n) is 6.03. The molecule has 1 heterocycles. The molecule has 146 valence electrons. The van der Waals surface area contributed by atoms with E-state index < -0.39 is 12.6 Å². The first-order valence-electron chi connectivity index (χ1n) is 8.79. The molecule has 0 fully saturated rings. The zero-order valence-corrected chi connectivity index (χ0v) is 15.6. The number of rotatable bonds is 7. The summed E-state index contributed by atoms with van der Waals surface area (Å²) in [5.41, 5.74) is 1.05. The molecule has 3 aromatic rings. The predicted molar refractivity (Wildman–Crippen MR) is 106 cm³/mol. The van der Waals surface area contributed by atoms with Crippen LogP contribution in [0.15, 0.2) is 72.9 Å². The number of esters is 1. The maximum Gasteiger partial charge on any atom is 0.344 e. The van der Waals surface area contributed by atoms with Crippen molar-refractivity contribution in [1.82, 2.24) is 4.98 Å². The van der Waals surface area contributed by atoms with Crippen molar-refractivity contribution < 1.29 is 23.9 Å². The van der Waals surface area contributed by atoms with Gasteiger partial charge in [-0.05, 0) is 48.5 Å². The number of hydrogen-bond donors (Lipinski definition) is 1. The zero-order chi connectivity index (χ0) is 20.6. The number of nitrogens with zero attached hydrogens (tertiary/aromatic N) is 1. The molecule has 0 saturated carbocycles. The number of amides is 1. The Balaban J connectivity index is 1.63. The molecule has 7 heteroatoms. The van der Waals surface area contributed by atoms with Gasteiger partial charge in [-0.25, -0.2) is 9.78 Å². The number of benzene rings is 2. The van der Waals surface area contributed by atoms with E-state index in [1.807, 2.05) is 6.07 Å². The topological polar surface area (TPSA) is 94.6 Å². The summed E-state index contributed by atoms with van der Waals surface area (Å²) < 4.78 is 10.8. The molecule has 0 spiro atoms. The van der Waals surface area contributed by atoms with Crippen molar-refractivity contribution in [2.45, 2.75) is 6.92 Å². The van der Waals surface area contributed by atoms with Crippen LogP contribution in [0.3, 0.4) is 0 Å². The minimum absolute atomic E-state index is 0.0933. The number of aromatic nitrogens is 1. The maximum absolute atomic E-state index is 12.4. The highest BCUT2D eigenvalue weighted by atomic mass is 16.5. The van der Waals surface area contributed by atoms with Crippen molar-refractivity contribution in [2.24, 2.45) is 0 Å². The summed E-state index contributed by atoms with van der Waals surface area (Å²) in [4.78, 5) is 39.8. The molecule has 1 amide bonds. The summed E-state index contributed by atoms with van der Waals surface area (Å²) in [5, 5.41) is 2.61. The lowest BCUT2D eigenvalue weighted by molar-refractivity contribution is -0.114. The Kier molecular flexibility index (Phi) is 6.32. The summed E-state index contributed by atoms with van der Waals surface area (Å²) in [5.74, 6) is -0.677. The smallest absolute Gasteiger partial charge is 0.344 e. The SMILES string of the molecule is CC(=O)Nc1ccc(C(=O)COC(=O)c2cccnc2Oc2ccccc2)cc1. The van der Waals surface area contributed by atoms with E-state index in [1.165, 1.54) is 19.2 Å². The number of carbonyl (C=O) groups excluding carboxylic acids is 3. The van der Waals surface area contributed by atoms with Crippen molar-refractivity contribution in [1.29, 1.82) is 0 Å². The molecule has 0 unspecified atom stereocenters. The number of para-hydroxylation sites is 1. The highest BCUT2D eigenvalue weighted by Crippen LogP contribution is 2.23. The second-order valence-corrected chi connectivity index (χ2v) is 6.03. The Morgan fingerprint density at radius 3 is 2.34 bits per heavy atom. The Bertz CT molecular complexity index is 1020. The largest absolute Gasteiger partial charge is 0.454 e.